The number of fused-ring (bicyclic) bond motifs is 1. The molecular formula is C46H62N4O11. The quantitative estimate of drug-likeness (QED) is 0.208. The number of aliphatic hydroxyl groups excluding tert-OH is 2. The van der Waals surface area contributed by atoms with Crippen LogP contribution in [0.25, 0.3) is 10.8 Å². The smallest absolute Gasteiger partial charge is 0.312 e. The van der Waals surface area contributed by atoms with Crippen LogP contribution in [-0.2, 0) is 23.8 Å². The largest absolute Gasteiger partial charge is 0.507 e. The summed E-state index contributed by atoms with van der Waals surface area (Å²) in [5.41, 5.74) is -0.111. The van der Waals surface area contributed by atoms with Crippen molar-refractivity contribution in [1.29, 1.82) is 0 Å². The van der Waals surface area contributed by atoms with Gasteiger partial charge >= 0.3 is 11.8 Å². The van der Waals surface area contributed by atoms with Gasteiger partial charge in [-0.15, -0.1) is 0 Å². The summed E-state index contributed by atoms with van der Waals surface area (Å²) in [6.07, 6.45) is 5.07. The van der Waals surface area contributed by atoms with Crippen molar-refractivity contribution < 1.29 is 53.8 Å². The van der Waals surface area contributed by atoms with E-state index < -0.39 is 82.9 Å². The SMILES string of the molecule is CO[C@@H]1C=CO[C@@]2(C)Oc3c(C)c(O)c4c(O)c(c5c(c4c3C2=O)NC2(CCN(CC(C)C)CC2)N=5)=NC(=O)C(C)=CC=C[C@@H](C)[C@@H](O)[C@H](C)[C@H](O)[C@H](C)[C@H](OC(C)=O)[C@@H]1C. The molecule has 2 aromatic carbocycles. The number of amides is 1. The third-order valence-electron chi connectivity index (χ3n) is 12.9. The molecule has 0 aliphatic carbocycles. The van der Waals surface area contributed by atoms with Crippen molar-refractivity contribution in [3.05, 3.63) is 58.0 Å². The van der Waals surface area contributed by atoms with Gasteiger partial charge in [0.2, 0.25) is 0 Å². The summed E-state index contributed by atoms with van der Waals surface area (Å²) in [7, 11) is 1.47. The van der Waals surface area contributed by atoms with E-state index in [-0.39, 0.29) is 49.7 Å². The second kappa shape index (κ2) is 17.5. The van der Waals surface area contributed by atoms with E-state index >= 15 is 0 Å². The minimum Gasteiger partial charge on any atom is -0.507 e. The van der Waals surface area contributed by atoms with Crippen molar-refractivity contribution in [3.63, 3.8) is 0 Å². The molecule has 15 nitrogen and oxygen atoms in total. The maximum atomic E-state index is 14.7. The number of nitrogens with zero attached hydrogens (tertiary/aromatic N) is 3. The predicted molar refractivity (Wildman–Crippen MR) is 228 cm³/mol. The van der Waals surface area contributed by atoms with Gasteiger partial charge in [0.05, 0.1) is 41.2 Å². The molecule has 0 saturated carbocycles. The van der Waals surface area contributed by atoms with E-state index in [2.05, 4.69) is 29.1 Å². The number of piperidine rings is 1. The minimum atomic E-state index is -1.95. The molecule has 5 N–H and O–H groups in total. The molecule has 4 bridgehead atoms. The number of nitrogens with one attached hydrogen (secondary N) is 1. The first-order valence-corrected chi connectivity index (χ1v) is 21.2. The van der Waals surface area contributed by atoms with Crippen molar-refractivity contribution in [2.24, 2.45) is 39.6 Å². The Labute approximate surface area is 356 Å². The first kappa shape index (κ1) is 45.7. The van der Waals surface area contributed by atoms with Crippen LogP contribution in [0.3, 0.4) is 0 Å². The Kier molecular flexibility index (Phi) is 13.1. The minimum absolute atomic E-state index is 0.0538. The lowest BCUT2D eigenvalue weighted by atomic mass is 9.78. The van der Waals surface area contributed by atoms with Crippen molar-refractivity contribution in [3.8, 4) is 17.2 Å². The third-order valence-corrected chi connectivity index (χ3v) is 12.9. The first-order valence-electron chi connectivity index (χ1n) is 21.2. The number of carbonyl (C=O) groups excluding carboxylic acids is 3. The molecule has 4 heterocycles. The molecule has 0 aromatic heterocycles. The summed E-state index contributed by atoms with van der Waals surface area (Å²) in [6, 6.07) is 0. The van der Waals surface area contributed by atoms with E-state index in [4.69, 9.17) is 23.9 Å². The summed E-state index contributed by atoms with van der Waals surface area (Å²) in [5.74, 6) is -6.57. The predicted octanol–water partition coefficient (Wildman–Crippen LogP) is 4.75. The number of benzene rings is 2. The van der Waals surface area contributed by atoms with Gasteiger partial charge in [-0.05, 0) is 25.8 Å². The fourth-order valence-corrected chi connectivity index (χ4v) is 9.24. The summed E-state index contributed by atoms with van der Waals surface area (Å²) >= 11 is 0. The van der Waals surface area contributed by atoms with E-state index in [1.54, 1.807) is 65.8 Å². The maximum absolute atomic E-state index is 14.7. The number of ether oxygens (including phenoxy) is 4. The Morgan fingerprint density at radius 2 is 1.66 bits per heavy atom. The van der Waals surface area contributed by atoms with Crippen LogP contribution in [0.1, 0.15) is 91.1 Å². The van der Waals surface area contributed by atoms with Gasteiger partial charge in [-0.1, -0.05) is 59.8 Å². The van der Waals surface area contributed by atoms with Crippen LogP contribution in [0.5, 0.6) is 17.2 Å². The summed E-state index contributed by atoms with van der Waals surface area (Å²) < 4.78 is 24.0. The van der Waals surface area contributed by atoms with E-state index in [1.165, 1.54) is 27.2 Å². The Morgan fingerprint density at radius 3 is 2.28 bits per heavy atom. The van der Waals surface area contributed by atoms with E-state index in [0.717, 1.165) is 19.6 Å². The standard InChI is InChI=1S/C46H62N4O11/c1-22(2)21-50-18-16-46(17-19-50)48-34-31-32-39(54)28(8)42-33(31)43(56)45(10,61-42)59-20-15-30(58-11)25(5)41(60-29(9)51)27(7)38(53)26(6)37(52)23(3)13-12-14-24(4)44(57)47-36(40(32)55)35(34)49-46/h12-15,20,22-23,25-27,30,37-38,41,48,52-55H,16-19,21H2,1-11H3/t23-,25-,26+,27+,30-,37-,38+,41-,45+/m1/s1. The molecule has 2 aromatic rings. The Hall–Kier alpha value is -4.83. The Morgan fingerprint density at radius 1 is 0.984 bits per heavy atom. The molecule has 1 amide bonds. The third kappa shape index (κ3) is 8.54. The van der Waals surface area contributed by atoms with Gasteiger partial charge in [0, 0.05) is 93.6 Å². The van der Waals surface area contributed by atoms with E-state index in [0.29, 0.717) is 24.4 Å². The van der Waals surface area contributed by atoms with E-state index in [9.17, 15) is 34.8 Å². The molecule has 332 valence electrons. The number of carbonyl (C=O) groups is 3. The molecule has 1 spiro atoms. The topological polar surface area (TPSA) is 209 Å². The second-order valence-electron chi connectivity index (χ2n) is 18.0. The van der Waals surface area contributed by atoms with Crippen LogP contribution in [0.2, 0.25) is 0 Å². The fraction of sp³-hybridized carbons (Fsp3) is 0.587. The fourth-order valence-electron chi connectivity index (χ4n) is 9.24. The monoisotopic (exact) mass is 846 g/mol. The zero-order valence-electron chi connectivity index (χ0n) is 37.1. The average molecular weight is 847 g/mol. The zero-order chi connectivity index (χ0) is 44.9. The normalized spacial score (nSPS) is 30.8. The molecule has 1 saturated heterocycles. The highest BCUT2D eigenvalue weighted by molar-refractivity contribution is 6.21. The van der Waals surface area contributed by atoms with Crippen molar-refractivity contribution in [2.45, 2.75) is 118 Å². The Bertz CT molecular complexity index is 2300. The number of hydrogen-bond donors (Lipinski definition) is 5. The number of aliphatic hydroxyl groups is 2. The molecular weight excluding hydrogens is 785 g/mol. The highest BCUT2D eigenvalue weighted by Crippen LogP contribution is 2.51. The van der Waals surface area contributed by atoms with Crippen LogP contribution < -0.4 is 20.8 Å². The highest BCUT2D eigenvalue weighted by Gasteiger charge is 2.51. The van der Waals surface area contributed by atoms with Gasteiger partial charge in [-0.2, -0.15) is 0 Å². The van der Waals surface area contributed by atoms with Crippen LogP contribution in [0.15, 0.2) is 46.1 Å². The van der Waals surface area contributed by atoms with Crippen LogP contribution in [0, 0.1) is 36.5 Å². The van der Waals surface area contributed by atoms with Crippen molar-refractivity contribution in [1.82, 2.24) is 4.90 Å². The molecule has 61 heavy (non-hydrogen) atoms. The number of phenols is 2. The molecule has 4 aliphatic rings. The molecule has 9 atom stereocenters. The van der Waals surface area contributed by atoms with Gasteiger partial charge in [-0.3, -0.25) is 19.4 Å². The summed E-state index contributed by atoms with van der Waals surface area (Å²) in [4.78, 5) is 52.9. The zero-order valence-corrected chi connectivity index (χ0v) is 37.1. The van der Waals surface area contributed by atoms with E-state index in [1.807, 2.05) is 0 Å². The summed E-state index contributed by atoms with van der Waals surface area (Å²) in [5, 5.41) is 50.5. The molecule has 0 radical (unpaired) electrons. The lowest BCUT2D eigenvalue weighted by molar-refractivity contribution is -0.160. The highest BCUT2D eigenvalue weighted by atomic mass is 16.7. The second-order valence-corrected chi connectivity index (χ2v) is 18.0. The number of esters is 1. The number of allylic oxidation sites excluding steroid dienone is 2. The van der Waals surface area contributed by atoms with Crippen molar-refractivity contribution in [2.75, 3.05) is 32.1 Å². The average Bonchev–Trinajstić information content (AvgIpc) is 3.71. The number of aromatic hydroxyl groups is 2. The Balaban J connectivity index is 1.55. The molecule has 0 unspecified atom stereocenters. The van der Waals surface area contributed by atoms with Crippen LogP contribution >= 0.6 is 0 Å². The molecule has 1 fully saturated rings. The summed E-state index contributed by atoms with van der Waals surface area (Å²) in [6.45, 7) is 19.6. The number of likely N-dealkylation sites (tertiary alicyclic amines) is 1. The van der Waals surface area contributed by atoms with Crippen LogP contribution in [0.4, 0.5) is 5.69 Å². The first-order chi connectivity index (χ1) is 28.6. The maximum Gasteiger partial charge on any atom is 0.312 e. The number of rotatable bonds is 4. The molecule has 4 aliphatic heterocycles. The van der Waals surface area contributed by atoms with Gasteiger partial charge in [0.25, 0.3) is 11.7 Å². The molecule has 6 rings (SSSR count). The number of hydrogen-bond acceptors (Lipinski definition) is 14. The van der Waals surface area contributed by atoms with Crippen molar-refractivity contribution >= 4 is 34.1 Å². The lowest BCUT2D eigenvalue weighted by Crippen LogP contribution is -2.47. The lowest BCUT2D eigenvalue weighted by Gasteiger charge is -2.38. The number of methoxy groups -OCH3 is 1. The number of ketones is 1. The molecule has 15 heteroatoms. The number of phenolic OH excluding ortho intramolecular Hbond substituents is 2. The van der Waals surface area contributed by atoms with Gasteiger partial charge < -0.3 is 49.6 Å². The van der Waals surface area contributed by atoms with Gasteiger partial charge in [-0.25, -0.2) is 4.99 Å². The van der Waals surface area contributed by atoms with Gasteiger partial charge in [0.15, 0.2) is 5.75 Å². The number of Topliss-reactive ketones (excluding diaryl/α,β-unsaturated/α-hetero) is 1. The van der Waals surface area contributed by atoms with Crippen LogP contribution in [-0.4, -0.2) is 106 Å². The number of anilines is 1. The van der Waals surface area contributed by atoms with Gasteiger partial charge in [0.1, 0.15) is 34.0 Å².